The van der Waals surface area contributed by atoms with Crippen LogP contribution >= 0.6 is 11.3 Å². The molecule has 1 amide bonds. The Balaban J connectivity index is 1.72. The topological polar surface area (TPSA) is 62.2 Å². The number of carbonyl (C=O) groups is 1. The molecule has 180 valence electrons. The molecule has 0 saturated carbocycles. The summed E-state index contributed by atoms with van der Waals surface area (Å²) in [6.45, 7) is 8.42. The molecule has 1 aliphatic rings. The lowest BCUT2D eigenvalue weighted by atomic mass is 10.0. The van der Waals surface area contributed by atoms with E-state index in [1.54, 1.807) is 18.4 Å². The Kier molecular flexibility index (Phi) is 9.78. The van der Waals surface area contributed by atoms with E-state index in [-0.39, 0.29) is 11.9 Å². The SMILES string of the molecule is C=CCC[C@H](O)CN(CCC)CC(=O)N1CCc2sccc2[C@@H]1COc1ccccc1OC. The third kappa shape index (κ3) is 6.82. The van der Waals surface area contributed by atoms with Crippen LogP contribution in [0.15, 0.2) is 48.4 Å². The van der Waals surface area contributed by atoms with E-state index >= 15 is 0 Å². The first-order valence-corrected chi connectivity index (χ1v) is 12.6. The molecule has 2 atom stereocenters. The van der Waals surface area contributed by atoms with Crippen molar-refractivity contribution in [2.24, 2.45) is 0 Å². The Morgan fingerprint density at radius 2 is 2.15 bits per heavy atom. The van der Waals surface area contributed by atoms with E-state index < -0.39 is 6.10 Å². The fourth-order valence-corrected chi connectivity index (χ4v) is 5.24. The lowest BCUT2D eigenvalue weighted by Gasteiger charge is -2.37. The van der Waals surface area contributed by atoms with Gasteiger partial charge in [0.25, 0.3) is 0 Å². The van der Waals surface area contributed by atoms with Crippen molar-refractivity contribution in [3.05, 3.63) is 58.8 Å². The number of allylic oxidation sites excluding steroid dienone is 1. The fourth-order valence-electron chi connectivity index (χ4n) is 4.31. The van der Waals surface area contributed by atoms with Crippen LogP contribution in [-0.2, 0) is 11.2 Å². The summed E-state index contributed by atoms with van der Waals surface area (Å²) in [5.74, 6) is 1.43. The zero-order chi connectivity index (χ0) is 23.6. The minimum Gasteiger partial charge on any atom is -0.493 e. The van der Waals surface area contributed by atoms with Gasteiger partial charge in [0, 0.05) is 18.0 Å². The Labute approximate surface area is 201 Å². The molecule has 1 aromatic carbocycles. The van der Waals surface area contributed by atoms with E-state index in [2.05, 4.69) is 29.8 Å². The number of thiophene rings is 1. The first kappa shape index (κ1) is 25.3. The number of para-hydroxylation sites is 2. The van der Waals surface area contributed by atoms with E-state index in [4.69, 9.17) is 9.47 Å². The molecule has 0 bridgehead atoms. The van der Waals surface area contributed by atoms with Crippen LogP contribution < -0.4 is 9.47 Å². The van der Waals surface area contributed by atoms with Crippen molar-refractivity contribution in [1.82, 2.24) is 9.80 Å². The maximum Gasteiger partial charge on any atom is 0.237 e. The van der Waals surface area contributed by atoms with Crippen molar-refractivity contribution in [3.63, 3.8) is 0 Å². The molecule has 6 nitrogen and oxygen atoms in total. The highest BCUT2D eigenvalue weighted by Gasteiger charge is 2.33. The van der Waals surface area contributed by atoms with Crippen molar-refractivity contribution in [2.75, 3.05) is 39.9 Å². The lowest BCUT2D eigenvalue weighted by Crippen LogP contribution is -2.47. The number of hydrogen-bond acceptors (Lipinski definition) is 6. The molecule has 1 aliphatic heterocycles. The molecule has 2 aromatic rings. The van der Waals surface area contributed by atoms with Gasteiger partial charge in [-0.25, -0.2) is 0 Å². The molecule has 0 unspecified atom stereocenters. The molecule has 0 radical (unpaired) electrons. The van der Waals surface area contributed by atoms with Crippen molar-refractivity contribution in [2.45, 2.75) is 44.8 Å². The van der Waals surface area contributed by atoms with Gasteiger partial charge in [-0.15, -0.1) is 17.9 Å². The summed E-state index contributed by atoms with van der Waals surface area (Å²) in [6.07, 6.45) is 4.57. The predicted molar refractivity (Wildman–Crippen MR) is 133 cm³/mol. The van der Waals surface area contributed by atoms with Crippen molar-refractivity contribution in [3.8, 4) is 11.5 Å². The van der Waals surface area contributed by atoms with Crippen LogP contribution in [0.25, 0.3) is 0 Å². The Bertz CT molecular complexity index is 900. The number of rotatable bonds is 13. The molecule has 0 saturated heterocycles. The summed E-state index contributed by atoms with van der Waals surface area (Å²) in [5, 5.41) is 12.5. The van der Waals surface area contributed by atoms with Crippen molar-refractivity contribution in [1.29, 1.82) is 0 Å². The number of fused-ring (bicyclic) bond motifs is 1. The van der Waals surface area contributed by atoms with Crippen LogP contribution in [0.3, 0.4) is 0 Å². The maximum absolute atomic E-state index is 13.5. The number of aliphatic hydroxyl groups excluding tert-OH is 1. The van der Waals surface area contributed by atoms with Gasteiger partial charge in [-0.1, -0.05) is 25.1 Å². The molecule has 3 rings (SSSR count). The number of nitrogens with zero attached hydrogens (tertiary/aromatic N) is 2. The first-order valence-electron chi connectivity index (χ1n) is 11.7. The zero-order valence-corrected chi connectivity index (χ0v) is 20.6. The second-order valence-corrected chi connectivity index (χ2v) is 9.37. The molecule has 7 heteroatoms. The van der Waals surface area contributed by atoms with Gasteiger partial charge >= 0.3 is 0 Å². The normalized spacial score (nSPS) is 16.4. The monoisotopic (exact) mass is 472 g/mol. The van der Waals surface area contributed by atoms with Crippen LogP contribution in [0.2, 0.25) is 0 Å². The average molecular weight is 473 g/mol. The number of carbonyl (C=O) groups excluding carboxylic acids is 1. The molecule has 1 aromatic heterocycles. The molecular weight excluding hydrogens is 436 g/mol. The van der Waals surface area contributed by atoms with E-state index in [0.29, 0.717) is 44.2 Å². The van der Waals surface area contributed by atoms with Gasteiger partial charge in [-0.2, -0.15) is 0 Å². The summed E-state index contributed by atoms with van der Waals surface area (Å²) in [5.41, 5.74) is 1.17. The number of amides is 1. The summed E-state index contributed by atoms with van der Waals surface area (Å²) < 4.78 is 11.6. The Morgan fingerprint density at radius 1 is 1.36 bits per heavy atom. The van der Waals surface area contributed by atoms with Gasteiger partial charge in [-0.3, -0.25) is 9.69 Å². The van der Waals surface area contributed by atoms with Gasteiger partial charge in [0.05, 0.1) is 25.8 Å². The molecule has 0 fully saturated rings. The number of methoxy groups -OCH3 is 1. The highest BCUT2D eigenvalue weighted by Crippen LogP contribution is 2.35. The van der Waals surface area contributed by atoms with E-state index in [1.807, 2.05) is 35.2 Å². The van der Waals surface area contributed by atoms with Gasteiger partial charge in [0.15, 0.2) is 11.5 Å². The van der Waals surface area contributed by atoms with Crippen LogP contribution in [0.1, 0.15) is 42.7 Å². The number of ether oxygens (including phenoxy) is 2. The van der Waals surface area contributed by atoms with E-state index in [1.165, 1.54) is 10.4 Å². The average Bonchev–Trinajstić information content (AvgIpc) is 3.30. The minimum absolute atomic E-state index is 0.0739. The molecular formula is C26H36N2O4S. The summed E-state index contributed by atoms with van der Waals surface area (Å²) >= 11 is 1.74. The molecule has 1 N–H and O–H groups in total. The standard InChI is InChI=1S/C26H36N2O4S/c1-4-6-9-20(29)17-27(14-5-2)18-26(30)28-15-12-25-21(13-16-33-25)22(28)19-32-24-11-8-7-10-23(24)31-3/h4,7-8,10-11,13,16,20,22,29H,1,5-6,9,12,14-15,17-19H2,2-3H3/t20-,22-/m0/s1. The number of hydrogen-bond donors (Lipinski definition) is 1. The van der Waals surface area contributed by atoms with Gasteiger partial charge < -0.3 is 19.5 Å². The van der Waals surface area contributed by atoms with Crippen molar-refractivity contribution >= 4 is 17.2 Å². The molecule has 0 aliphatic carbocycles. The van der Waals surface area contributed by atoms with Crippen LogP contribution in [0.4, 0.5) is 0 Å². The molecule has 2 heterocycles. The maximum atomic E-state index is 13.5. The Morgan fingerprint density at radius 3 is 2.88 bits per heavy atom. The van der Waals surface area contributed by atoms with Gasteiger partial charge in [0.1, 0.15) is 6.61 Å². The van der Waals surface area contributed by atoms with Crippen molar-refractivity contribution < 1.29 is 19.4 Å². The Hall–Kier alpha value is -2.35. The van der Waals surface area contributed by atoms with E-state index in [0.717, 1.165) is 25.8 Å². The number of benzene rings is 1. The van der Waals surface area contributed by atoms with Crippen LogP contribution in [0, 0.1) is 0 Å². The summed E-state index contributed by atoms with van der Waals surface area (Å²) in [6, 6.07) is 9.54. The largest absolute Gasteiger partial charge is 0.493 e. The van der Waals surface area contributed by atoms with Crippen LogP contribution in [0.5, 0.6) is 11.5 Å². The van der Waals surface area contributed by atoms with E-state index in [9.17, 15) is 9.90 Å². The minimum atomic E-state index is -0.461. The number of aliphatic hydroxyl groups is 1. The highest BCUT2D eigenvalue weighted by molar-refractivity contribution is 7.10. The first-order chi connectivity index (χ1) is 16.1. The quantitative estimate of drug-likeness (QED) is 0.441. The third-order valence-electron chi connectivity index (χ3n) is 5.95. The second kappa shape index (κ2) is 12.8. The highest BCUT2D eigenvalue weighted by atomic mass is 32.1. The third-order valence-corrected chi connectivity index (χ3v) is 6.95. The van der Waals surface area contributed by atoms with Gasteiger partial charge in [0.2, 0.25) is 5.91 Å². The molecule has 33 heavy (non-hydrogen) atoms. The van der Waals surface area contributed by atoms with Crippen LogP contribution in [-0.4, -0.2) is 66.8 Å². The molecule has 0 spiro atoms. The summed E-state index contributed by atoms with van der Waals surface area (Å²) in [7, 11) is 1.63. The lowest BCUT2D eigenvalue weighted by molar-refractivity contribution is -0.136. The smallest absolute Gasteiger partial charge is 0.237 e. The van der Waals surface area contributed by atoms with Gasteiger partial charge in [-0.05, 0) is 61.4 Å². The summed E-state index contributed by atoms with van der Waals surface area (Å²) in [4.78, 5) is 18.8. The predicted octanol–water partition coefficient (Wildman–Crippen LogP) is 4.30. The second-order valence-electron chi connectivity index (χ2n) is 8.37. The zero-order valence-electron chi connectivity index (χ0n) is 19.7. The fraction of sp³-hybridized carbons (Fsp3) is 0.500.